The summed E-state index contributed by atoms with van der Waals surface area (Å²) in [6.07, 6.45) is 0. The highest BCUT2D eigenvalue weighted by atomic mass is 16.2. The number of benzene rings is 2. The van der Waals surface area contributed by atoms with Crippen molar-refractivity contribution in [2.75, 3.05) is 17.3 Å². The lowest BCUT2D eigenvalue weighted by atomic mass is 9.83. The molecular weight excluding hydrogens is 386 g/mol. The predicted molar refractivity (Wildman–Crippen MR) is 110 cm³/mol. The quantitative estimate of drug-likeness (QED) is 0.590. The summed E-state index contributed by atoms with van der Waals surface area (Å²) >= 11 is 0. The average molecular weight is 403 g/mol. The van der Waals surface area contributed by atoms with E-state index in [1.54, 1.807) is 31.3 Å². The second-order valence-corrected chi connectivity index (χ2v) is 7.27. The molecule has 3 amide bonds. The molecule has 0 saturated carbocycles. The number of H-pyrrole nitrogens is 1. The van der Waals surface area contributed by atoms with Crippen LogP contribution in [0.2, 0.25) is 0 Å². The van der Waals surface area contributed by atoms with Gasteiger partial charge in [-0.2, -0.15) is 0 Å². The van der Waals surface area contributed by atoms with E-state index in [9.17, 15) is 19.2 Å². The van der Waals surface area contributed by atoms with Gasteiger partial charge in [-0.15, -0.1) is 0 Å². The van der Waals surface area contributed by atoms with Crippen molar-refractivity contribution in [2.24, 2.45) is 0 Å². The number of anilines is 2. The number of carbonyl (C=O) groups excluding carboxylic acids is 2. The normalized spacial score (nSPS) is 19.3. The maximum absolute atomic E-state index is 13.4. The summed E-state index contributed by atoms with van der Waals surface area (Å²) in [5.74, 6) is -0.468. The van der Waals surface area contributed by atoms with Crippen LogP contribution in [0.15, 0.2) is 64.2 Å². The summed E-state index contributed by atoms with van der Waals surface area (Å²) in [5, 5.41) is 5.23. The minimum absolute atomic E-state index is 0.00908. The van der Waals surface area contributed by atoms with Gasteiger partial charge >= 0.3 is 11.7 Å². The Morgan fingerprint density at radius 1 is 0.933 bits per heavy atom. The number of nitrogens with zero attached hydrogens (tertiary/aromatic N) is 2. The molecule has 30 heavy (non-hydrogen) atoms. The fourth-order valence-electron chi connectivity index (χ4n) is 4.26. The molecule has 0 aliphatic carbocycles. The number of hydrogen-bond donors (Lipinski definition) is 3. The van der Waals surface area contributed by atoms with E-state index in [4.69, 9.17) is 0 Å². The van der Waals surface area contributed by atoms with Crippen LogP contribution < -0.4 is 26.8 Å². The highest BCUT2D eigenvalue weighted by Crippen LogP contribution is 2.45. The maximum atomic E-state index is 13.4. The largest absolute Gasteiger partial charge is 0.330 e. The van der Waals surface area contributed by atoms with Gasteiger partial charge in [0.25, 0.3) is 11.5 Å². The van der Waals surface area contributed by atoms with Crippen LogP contribution in [0.5, 0.6) is 0 Å². The molecule has 3 N–H and O–H groups in total. The lowest BCUT2D eigenvalue weighted by molar-refractivity contribution is -0.122. The molecule has 1 aromatic heterocycles. The summed E-state index contributed by atoms with van der Waals surface area (Å²) in [4.78, 5) is 55.4. The fourth-order valence-corrected chi connectivity index (χ4v) is 4.26. The van der Waals surface area contributed by atoms with Crippen LogP contribution in [0.3, 0.4) is 0 Å². The molecule has 1 atom stereocenters. The van der Waals surface area contributed by atoms with Crippen LogP contribution in [0, 0.1) is 0 Å². The van der Waals surface area contributed by atoms with Crippen molar-refractivity contribution in [3.05, 3.63) is 92.1 Å². The molecule has 9 heteroatoms. The van der Waals surface area contributed by atoms with Gasteiger partial charge in [0.15, 0.2) is 5.54 Å². The topological polar surface area (TPSA) is 116 Å². The first kappa shape index (κ1) is 17.9. The molecule has 2 aliphatic rings. The Hall–Kier alpha value is -4.14. The molecule has 0 fully saturated rings. The first-order chi connectivity index (χ1) is 14.4. The standard InChI is InChI=1S/C21H17N5O4/c1-25-14-10-6-5-9-13(14)21(18(25)28)15-16(22-19(29)24-21)26(20(30)23-17(15)27)11-12-7-3-2-4-8-12/h2-10H,11H2,1H3,(H2,22,24,29)(H,23,27,30). The number of fused-ring (bicyclic) bond motifs is 4. The zero-order valence-corrected chi connectivity index (χ0v) is 15.9. The number of amides is 3. The maximum Gasteiger partial charge on any atom is 0.330 e. The number of carbonyl (C=O) groups is 2. The van der Waals surface area contributed by atoms with Gasteiger partial charge in [-0.3, -0.25) is 24.5 Å². The van der Waals surface area contributed by atoms with Gasteiger partial charge in [-0.25, -0.2) is 9.59 Å². The number of para-hydroxylation sites is 1. The summed E-state index contributed by atoms with van der Waals surface area (Å²) < 4.78 is 1.26. The van der Waals surface area contributed by atoms with Gasteiger partial charge in [0.05, 0.1) is 12.1 Å². The highest BCUT2D eigenvalue weighted by Gasteiger charge is 2.57. The smallest absolute Gasteiger partial charge is 0.315 e. The molecule has 150 valence electrons. The van der Waals surface area contributed by atoms with Crippen molar-refractivity contribution in [2.45, 2.75) is 12.1 Å². The number of aromatic nitrogens is 2. The van der Waals surface area contributed by atoms with Crippen LogP contribution in [0.1, 0.15) is 16.7 Å². The first-order valence-corrected chi connectivity index (χ1v) is 9.32. The SMILES string of the molecule is CN1C(=O)C2(NC(=O)Nc3c2c(=O)[nH]c(=O)n3Cc2ccccc2)c2ccccc21. The summed E-state index contributed by atoms with van der Waals surface area (Å²) in [7, 11) is 1.58. The highest BCUT2D eigenvalue weighted by molar-refractivity contribution is 6.14. The van der Waals surface area contributed by atoms with Crippen molar-refractivity contribution < 1.29 is 9.59 Å². The Kier molecular flexibility index (Phi) is 3.69. The molecule has 2 aromatic carbocycles. The lowest BCUT2D eigenvalue weighted by Crippen LogP contribution is -2.61. The molecule has 9 nitrogen and oxygen atoms in total. The summed E-state index contributed by atoms with van der Waals surface area (Å²) in [6, 6.07) is 15.4. The Balaban J connectivity index is 1.83. The van der Waals surface area contributed by atoms with Crippen molar-refractivity contribution in [3.8, 4) is 0 Å². The Morgan fingerprint density at radius 3 is 2.40 bits per heavy atom. The van der Waals surface area contributed by atoms with Crippen molar-refractivity contribution in [1.29, 1.82) is 0 Å². The number of likely N-dealkylation sites (N-methyl/N-ethyl adjacent to an activating group) is 1. The molecule has 0 saturated heterocycles. The third-order valence-corrected chi connectivity index (χ3v) is 5.59. The zero-order chi connectivity index (χ0) is 21.0. The van der Waals surface area contributed by atoms with Crippen LogP contribution in [-0.2, 0) is 16.9 Å². The number of aromatic amines is 1. The van der Waals surface area contributed by atoms with Crippen molar-refractivity contribution in [1.82, 2.24) is 14.9 Å². The van der Waals surface area contributed by atoms with E-state index >= 15 is 0 Å². The number of rotatable bonds is 2. The predicted octanol–water partition coefficient (Wildman–Crippen LogP) is 0.940. The van der Waals surface area contributed by atoms with E-state index in [1.807, 2.05) is 30.3 Å². The lowest BCUT2D eigenvalue weighted by Gasteiger charge is -2.35. The molecule has 0 radical (unpaired) electrons. The molecule has 2 aliphatic heterocycles. The van der Waals surface area contributed by atoms with Gasteiger partial charge in [-0.1, -0.05) is 48.5 Å². The van der Waals surface area contributed by atoms with Crippen molar-refractivity contribution >= 4 is 23.4 Å². The monoisotopic (exact) mass is 403 g/mol. The number of nitrogens with one attached hydrogen (secondary N) is 3. The minimum Gasteiger partial charge on any atom is -0.315 e. The molecule has 1 spiro atoms. The van der Waals surface area contributed by atoms with E-state index in [2.05, 4.69) is 15.6 Å². The van der Waals surface area contributed by atoms with E-state index in [0.717, 1.165) is 5.56 Å². The molecule has 5 rings (SSSR count). The molecule has 0 bridgehead atoms. The Bertz CT molecular complexity index is 1330. The summed E-state index contributed by atoms with van der Waals surface area (Å²) in [6.45, 7) is 0.112. The average Bonchev–Trinajstić information content (AvgIpc) is 2.94. The fraction of sp³-hybridized carbons (Fsp3) is 0.143. The van der Waals surface area contributed by atoms with Crippen LogP contribution in [0.4, 0.5) is 16.3 Å². The van der Waals surface area contributed by atoms with E-state index in [0.29, 0.717) is 11.3 Å². The number of hydrogen-bond acceptors (Lipinski definition) is 4. The third-order valence-electron chi connectivity index (χ3n) is 5.59. The van der Waals surface area contributed by atoms with Crippen LogP contribution >= 0.6 is 0 Å². The second kappa shape index (κ2) is 6.18. The third kappa shape index (κ3) is 2.29. The number of urea groups is 1. The Morgan fingerprint density at radius 2 is 1.63 bits per heavy atom. The van der Waals surface area contributed by atoms with E-state index in [-0.39, 0.29) is 17.9 Å². The minimum atomic E-state index is -1.72. The molecular formula is C21H17N5O4. The van der Waals surface area contributed by atoms with Gasteiger partial charge in [0.1, 0.15) is 5.82 Å². The van der Waals surface area contributed by atoms with Crippen molar-refractivity contribution in [3.63, 3.8) is 0 Å². The first-order valence-electron chi connectivity index (χ1n) is 9.32. The second-order valence-electron chi connectivity index (χ2n) is 7.27. The molecule has 3 heterocycles. The van der Waals surface area contributed by atoms with E-state index < -0.39 is 28.7 Å². The van der Waals surface area contributed by atoms with E-state index in [1.165, 1.54) is 9.47 Å². The molecule has 3 aromatic rings. The molecule has 1 unspecified atom stereocenters. The summed E-state index contributed by atoms with van der Waals surface area (Å²) in [5.41, 5.74) is -1.29. The van der Waals surface area contributed by atoms with Crippen LogP contribution in [0.25, 0.3) is 0 Å². The Labute approximate surface area is 170 Å². The van der Waals surface area contributed by atoms with Gasteiger partial charge in [0.2, 0.25) is 0 Å². The van der Waals surface area contributed by atoms with Gasteiger partial charge in [-0.05, 0) is 11.6 Å². The van der Waals surface area contributed by atoms with Gasteiger partial charge in [0, 0.05) is 18.3 Å². The van der Waals surface area contributed by atoms with Gasteiger partial charge < -0.3 is 10.2 Å². The zero-order valence-electron chi connectivity index (χ0n) is 15.9. The van der Waals surface area contributed by atoms with Crippen LogP contribution in [-0.4, -0.2) is 28.5 Å².